The van der Waals surface area contributed by atoms with Gasteiger partial charge in [0.25, 0.3) is 0 Å². The Morgan fingerprint density at radius 2 is 1.92 bits per heavy atom. The number of carbonyl (C=O) groups is 1. The van der Waals surface area contributed by atoms with Crippen molar-refractivity contribution in [2.75, 3.05) is 24.2 Å². The number of nitrogens with zero attached hydrogens (tertiary/aromatic N) is 1. The van der Waals surface area contributed by atoms with Crippen molar-refractivity contribution in [1.29, 1.82) is 0 Å². The van der Waals surface area contributed by atoms with Crippen molar-refractivity contribution >= 4 is 33.3 Å². The smallest absolute Gasteiger partial charge is 0.321 e. The summed E-state index contributed by atoms with van der Waals surface area (Å²) in [5.41, 5.74) is 3.60. The van der Waals surface area contributed by atoms with Gasteiger partial charge in [0.1, 0.15) is 0 Å². The summed E-state index contributed by atoms with van der Waals surface area (Å²) in [5, 5.41) is 5.50. The van der Waals surface area contributed by atoms with Crippen LogP contribution in [0.15, 0.2) is 30.3 Å². The number of amides is 2. The molecule has 1 atom stereocenters. The van der Waals surface area contributed by atoms with Gasteiger partial charge in [-0.2, -0.15) is 0 Å². The summed E-state index contributed by atoms with van der Waals surface area (Å²) >= 11 is 0. The first-order valence-electron chi connectivity index (χ1n) is 8.44. The van der Waals surface area contributed by atoms with Gasteiger partial charge in [0.15, 0.2) is 0 Å². The van der Waals surface area contributed by atoms with E-state index in [0.29, 0.717) is 18.8 Å². The van der Waals surface area contributed by atoms with Crippen LogP contribution >= 0.6 is 0 Å². The van der Waals surface area contributed by atoms with Crippen LogP contribution in [0, 0.1) is 0 Å². The summed E-state index contributed by atoms with van der Waals surface area (Å²) in [6.45, 7) is 4.99. The van der Waals surface area contributed by atoms with Crippen LogP contribution in [0.4, 0.5) is 10.5 Å². The third kappa shape index (κ3) is 2.51. The van der Waals surface area contributed by atoms with Gasteiger partial charge >= 0.3 is 6.03 Å². The zero-order chi connectivity index (χ0) is 16.9. The maximum absolute atomic E-state index is 12.7. The molecular weight excluding hydrogens is 320 g/mol. The van der Waals surface area contributed by atoms with E-state index in [1.54, 1.807) is 4.90 Å². The molecule has 1 N–H and O–H groups in total. The molecule has 4 rings (SSSR count). The van der Waals surface area contributed by atoms with Crippen molar-refractivity contribution in [3.05, 3.63) is 41.5 Å². The first-order valence-corrected chi connectivity index (χ1v) is 9.75. The SMILES string of the molecule is CC1(C)CN(C(=O)Nc2ccc3c4c(cccc24)CC3)CC[S@@]1=O. The van der Waals surface area contributed by atoms with Crippen LogP contribution in [0.1, 0.15) is 25.0 Å². The summed E-state index contributed by atoms with van der Waals surface area (Å²) in [4.78, 5) is 14.5. The Bertz CT molecular complexity index is 850. The van der Waals surface area contributed by atoms with Crippen LogP contribution in [0.3, 0.4) is 0 Å². The fourth-order valence-corrected chi connectivity index (χ4v) is 5.04. The van der Waals surface area contributed by atoms with E-state index in [4.69, 9.17) is 0 Å². The minimum atomic E-state index is -0.876. The lowest BCUT2D eigenvalue weighted by atomic mass is 10.0. The molecule has 24 heavy (non-hydrogen) atoms. The normalized spacial score (nSPS) is 21.9. The van der Waals surface area contributed by atoms with Gasteiger partial charge in [0.05, 0.1) is 10.4 Å². The minimum Gasteiger partial charge on any atom is -0.322 e. The fraction of sp³-hybridized carbons (Fsp3) is 0.421. The molecule has 2 aromatic carbocycles. The molecule has 0 aromatic heterocycles. The third-order valence-corrected chi connectivity index (χ3v) is 7.06. The van der Waals surface area contributed by atoms with E-state index >= 15 is 0 Å². The van der Waals surface area contributed by atoms with Crippen LogP contribution in [0.5, 0.6) is 0 Å². The Morgan fingerprint density at radius 1 is 1.17 bits per heavy atom. The predicted molar refractivity (Wildman–Crippen MR) is 99.0 cm³/mol. The molecule has 0 bridgehead atoms. The highest BCUT2D eigenvalue weighted by atomic mass is 32.2. The molecule has 1 saturated heterocycles. The molecule has 1 aliphatic heterocycles. The third-order valence-electron chi connectivity index (χ3n) is 5.14. The van der Waals surface area contributed by atoms with Crippen LogP contribution in [-0.4, -0.2) is 38.7 Å². The molecule has 0 spiro atoms. The number of nitrogens with one attached hydrogen (secondary N) is 1. The Balaban J connectivity index is 1.61. The number of carbonyl (C=O) groups excluding carboxylic acids is 1. The molecular formula is C19H22N2O2S. The minimum absolute atomic E-state index is 0.0986. The first-order chi connectivity index (χ1) is 11.5. The highest BCUT2D eigenvalue weighted by molar-refractivity contribution is 7.86. The first kappa shape index (κ1) is 15.6. The van der Waals surface area contributed by atoms with Crippen molar-refractivity contribution in [1.82, 2.24) is 4.90 Å². The average molecular weight is 342 g/mol. The van der Waals surface area contributed by atoms with E-state index in [1.165, 1.54) is 16.5 Å². The highest BCUT2D eigenvalue weighted by Gasteiger charge is 2.35. The second-order valence-electron chi connectivity index (χ2n) is 7.27. The summed E-state index contributed by atoms with van der Waals surface area (Å²) in [6, 6.07) is 10.4. The Hall–Kier alpha value is -1.88. The quantitative estimate of drug-likeness (QED) is 0.864. The number of aryl methyl sites for hydroxylation is 2. The van der Waals surface area contributed by atoms with E-state index in [0.717, 1.165) is 23.9 Å². The molecule has 126 valence electrons. The molecule has 0 radical (unpaired) electrons. The number of urea groups is 1. The van der Waals surface area contributed by atoms with Gasteiger partial charge in [0, 0.05) is 35.0 Å². The topological polar surface area (TPSA) is 49.4 Å². The van der Waals surface area contributed by atoms with E-state index in [2.05, 4.69) is 29.6 Å². The summed E-state index contributed by atoms with van der Waals surface area (Å²) in [6.07, 6.45) is 2.16. The van der Waals surface area contributed by atoms with E-state index < -0.39 is 10.8 Å². The maximum Gasteiger partial charge on any atom is 0.321 e. The van der Waals surface area contributed by atoms with Gasteiger partial charge in [0.2, 0.25) is 0 Å². The fourth-order valence-electron chi connectivity index (χ4n) is 3.80. The summed E-state index contributed by atoms with van der Waals surface area (Å²) in [7, 11) is -0.876. The molecule has 2 aromatic rings. The van der Waals surface area contributed by atoms with Crippen LogP contribution < -0.4 is 5.32 Å². The van der Waals surface area contributed by atoms with Gasteiger partial charge in [-0.05, 0) is 49.3 Å². The summed E-state index contributed by atoms with van der Waals surface area (Å²) < 4.78 is 11.7. The predicted octanol–water partition coefficient (Wildman–Crippen LogP) is 3.31. The molecule has 0 saturated carbocycles. The van der Waals surface area contributed by atoms with Crippen LogP contribution in [0.25, 0.3) is 10.8 Å². The van der Waals surface area contributed by atoms with E-state index in [1.807, 2.05) is 19.9 Å². The zero-order valence-electron chi connectivity index (χ0n) is 14.1. The standard InChI is InChI=1S/C19H22N2O2S/c1-19(2)12-21(10-11-24(19)23)18(22)20-16-9-8-14-7-6-13-4-3-5-15(16)17(13)14/h3-5,8-9H,6-7,10-12H2,1-2H3,(H,20,22)/t24-/m0/s1. The van der Waals surface area contributed by atoms with Gasteiger partial charge in [-0.1, -0.05) is 24.3 Å². The molecule has 2 amide bonds. The molecule has 1 aliphatic carbocycles. The van der Waals surface area contributed by atoms with Crippen LogP contribution in [0.2, 0.25) is 0 Å². The van der Waals surface area contributed by atoms with E-state index in [9.17, 15) is 9.00 Å². The molecule has 1 fully saturated rings. The largest absolute Gasteiger partial charge is 0.322 e. The van der Waals surface area contributed by atoms with Gasteiger partial charge in [-0.3, -0.25) is 4.21 Å². The maximum atomic E-state index is 12.7. The summed E-state index contributed by atoms with van der Waals surface area (Å²) in [5.74, 6) is 0.546. The number of rotatable bonds is 1. The average Bonchev–Trinajstić information content (AvgIpc) is 2.97. The van der Waals surface area contributed by atoms with Crippen molar-refractivity contribution in [2.45, 2.75) is 31.4 Å². The monoisotopic (exact) mass is 342 g/mol. The second-order valence-corrected chi connectivity index (χ2v) is 9.48. The zero-order valence-corrected chi connectivity index (χ0v) is 14.9. The second kappa shape index (κ2) is 5.59. The Morgan fingerprint density at radius 3 is 2.67 bits per heavy atom. The number of benzene rings is 2. The van der Waals surface area contributed by atoms with E-state index in [-0.39, 0.29) is 10.8 Å². The van der Waals surface area contributed by atoms with Crippen molar-refractivity contribution < 1.29 is 9.00 Å². The number of anilines is 1. The Kier molecular flexibility index (Phi) is 3.64. The molecule has 1 heterocycles. The number of hydrogen-bond donors (Lipinski definition) is 1. The highest BCUT2D eigenvalue weighted by Crippen LogP contribution is 2.35. The van der Waals surface area contributed by atoms with Crippen molar-refractivity contribution in [2.24, 2.45) is 0 Å². The van der Waals surface area contributed by atoms with Gasteiger partial charge in [-0.25, -0.2) is 4.79 Å². The Labute approximate surface area is 144 Å². The lowest BCUT2D eigenvalue weighted by Crippen LogP contribution is -2.53. The molecule has 2 aliphatic rings. The molecule has 5 heteroatoms. The molecule has 4 nitrogen and oxygen atoms in total. The lowest BCUT2D eigenvalue weighted by molar-refractivity contribution is 0.207. The lowest BCUT2D eigenvalue weighted by Gasteiger charge is -2.37. The van der Waals surface area contributed by atoms with Crippen molar-refractivity contribution in [3.63, 3.8) is 0 Å². The van der Waals surface area contributed by atoms with Crippen molar-refractivity contribution in [3.8, 4) is 0 Å². The van der Waals surface area contributed by atoms with Crippen LogP contribution in [-0.2, 0) is 23.6 Å². The number of hydrogen-bond acceptors (Lipinski definition) is 2. The molecule has 0 unspecified atom stereocenters. The van der Waals surface area contributed by atoms with Gasteiger partial charge in [-0.15, -0.1) is 0 Å². The van der Waals surface area contributed by atoms with Gasteiger partial charge < -0.3 is 10.2 Å².